The molecule has 2 rings (SSSR count). The molecular formula is C13H11F3N2O2S. The van der Waals surface area contributed by atoms with Crippen LogP contribution >= 0.6 is 0 Å². The van der Waals surface area contributed by atoms with Crippen LogP contribution in [0.4, 0.5) is 24.5 Å². The van der Waals surface area contributed by atoms with Gasteiger partial charge in [-0.25, -0.2) is 21.6 Å². The van der Waals surface area contributed by atoms with Crippen LogP contribution in [0.2, 0.25) is 0 Å². The molecule has 0 spiro atoms. The smallest absolute Gasteiger partial charge is 0.264 e. The molecule has 2 aromatic carbocycles. The Kier molecular flexibility index (Phi) is 3.82. The molecule has 0 bridgehead atoms. The second-order valence-electron chi connectivity index (χ2n) is 4.43. The number of sulfonamides is 1. The summed E-state index contributed by atoms with van der Waals surface area (Å²) in [6, 6.07) is 4.55. The van der Waals surface area contributed by atoms with Crippen molar-refractivity contribution >= 4 is 21.4 Å². The Bertz CT molecular complexity index is 787. The third-order valence-electron chi connectivity index (χ3n) is 2.64. The predicted octanol–water partition coefficient (Wildman–Crippen LogP) is 2.80. The molecule has 0 heterocycles. The van der Waals surface area contributed by atoms with E-state index in [1.54, 1.807) is 6.92 Å². The van der Waals surface area contributed by atoms with Gasteiger partial charge in [0, 0.05) is 6.07 Å². The summed E-state index contributed by atoms with van der Waals surface area (Å²) < 4.78 is 66.0. The first-order chi connectivity index (χ1) is 9.69. The monoisotopic (exact) mass is 316 g/mol. The number of hydrogen-bond donors (Lipinski definition) is 2. The van der Waals surface area contributed by atoms with Gasteiger partial charge in [0.1, 0.15) is 22.3 Å². The molecule has 0 aliphatic carbocycles. The first-order valence-electron chi connectivity index (χ1n) is 5.73. The van der Waals surface area contributed by atoms with Crippen LogP contribution in [0.15, 0.2) is 35.2 Å². The molecule has 0 aliphatic heterocycles. The Morgan fingerprint density at radius 1 is 1.00 bits per heavy atom. The number of rotatable bonds is 3. The van der Waals surface area contributed by atoms with Crippen molar-refractivity contribution in [1.29, 1.82) is 0 Å². The molecule has 0 aliphatic rings. The van der Waals surface area contributed by atoms with E-state index in [0.29, 0.717) is 17.7 Å². The standard InChI is InChI=1S/C13H11F3N2O2S/c1-7-2-8(14)4-9(3-7)18-21(19,20)13-6-12(17)10(15)5-11(13)16/h2-6,18H,17H2,1H3. The molecule has 4 nitrogen and oxygen atoms in total. The lowest BCUT2D eigenvalue weighted by molar-refractivity contribution is 0.553. The Morgan fingerprint density at radius 2 is 1.67 bits per heavy atom. The molecule has 2 aromatic rings. The minimum atomic E-state index is -4.36. The van der Waals surface area contributed by atoms with Crippen LogP contribution in [0.25, 0.3) is 0 Å². The Labute approximate surface area is 119 Å². The second-order valence-corrected chi connectivity index (χ2v) is 6.08. The van der Waals surface area contributed by atoms with Crippen LogP contribution in [0.3, 0.4) is 0 Å². The molecule has 0 saturated heterocycles. The minimum absolute atomic E-state index is 0.0743. The van der Waals surface area contributed by atoms with Crippen molar-refractivity contribution in [2.24, 2.45) is 0 Å². The summed E-state index contributed by atoms with van der Waals surface area (Å²) in [6.07, 6.45) is 0. The molecule has 8 heteroatoms. The molecule has 3 N–H and O–H groups in total. The predicted molar refractivity (Wildman–Crippen MR) is 72.7 cm³/mol. The number of benzene rings is 2. The third kappa shape index (κ3) is 3.27. The van der Waals surface area contributed by atoms with E-state index < -0.39 is 38.1 Å². The SMILES string of the molecule is Cc1cc(F)cc(NS(=O)(=O)c2cc(N)c(F)cc2F)c1. The summed E-state index contributed by atoms with van der Waals surface area (Å²) in [4.78, 5) is -0.816. The van der Waals surface area contributed by atoms with E-state index in [2.05, 4.69) is 0 Å². The fraction of sp³-hybridized carbons (Fsp3) is 0.0769. The molecule has 0 aromatic heterocycles. The Morgan fingerprint density at radius 3 is 2.29 bits per heavy atom. The normalized spacial score (nSPS) is 11.4. The van der Waals surface area contributed by atoms with E-state index in [-0.39, 0.29) is 5.69 Å². The Hall–Kier alpha value is -2.22. The van der Waals surface area contributed by atoms with Crippen LogP contribution in [0, 0.1) is 24.4 Å². The number of anilines is 2. The van der Waals surface area contributed by atoms with Gasteiger partial charge in [0.05, 0.1) is 11.4 Å². The van der Waals surface area contributed by atoms with Crippen LogP contribution in [0.5, 0.6) is 0 Å². The lowest BCUT2D eigenvalue weighted by Gasteiger charge is -2.10. The van der Waals surface area contributed by atoms with Gasteiger partial charge >= 0.3 is 0 Å². The van der Waals surface area contributed by atoms with Gasteiger partial charge in [-0.2, -0.15) is 0 Å². The number of nitrogen functional groups attached to an aromatic ring is 1. The number of nitrogens with one attached hydrogen (secondary N) is 1. The maximum atomic E-state index is 13.6. The highest BCUT2D eigenvalue weighted by Crippen LogP contribution is 2.24. The van der Waals surface area contributed by atoms with Crippen molar-refractivity contribution in [3.63, 3.8) is 0 Å². The average Bonchev–Trinajstić information content (AvgIpc) is 2.31. The topological polar surface area (TPSA) is 72.2 Å². The van der Waals surface area contributed by atoms with Gasteiger partial charge in [-0.1, -0.05) is 0 Å². The minimum Gasteiger partial charge on any atom is -0.396 e. The summed E-state index contributed by atoms with van der Waals surface area (Å²) in [5.74, 6) is -3.00. The number of halogens is 3. The summed E-state index contributed by atoms with van der Waals surface area (Å²) in [7, 11) is -4.36. The summed E-state index contributed by atoms with van der Waals surface area (Å²) in [5, 5.41) is 0. The van der Waals surface area contributed by atoms with Crippen molar-refractivity contribution in [3.05, 3.63) is 53.3 Å². The average molecular weight is 316 g/mol. The fourth-order valence-corrected chi connectivity index (χ4v) is 2.89. The van der Waals surface area contributed by atoms with Crippen LogP contribution in [-0.4, -0.2) is 8.42 Å². The first kappa shape index (κ1) is 15.2. The lowest BCUT2D eigenvalue weighted by Crippen LogP contribution is -2.15. The zero-order valence-electron chi connectivity index (χ0n) is 10.8. The lowest BCUT2D eigenvalue weighted by atomic mass is 10.2. The molecule has 0 saturated carbocycles. The van der Waals surface area contributed by atoms with Crippen molar-refractivity contribution in [2.75, 3.05) is 10.5 Å². The summed E-state index contributed by atoms with van der Waals surface area (Å²) in [5.41, 5.74) is 5.13. The van der Waals surface area contributed by atoms with Gasteiger partial charge < -0.3 is 5.73 Å². The molecule has 0 amide bonds. The second kappa shape index (κ2) is 5.28. The largest absolute Gasteiger partial charge is 0.396 e. The first-order valence-corrected chi connectivity index (χ1v) is 7.22. The zero-order chi connectivity index (χ0) is 15.8. The molecule has 112 valence electrons. The van der Waals surface area contributed by atoms with Crippen molar-refractivity contribution < 1.29 is 21.6 Å². The van der Waals surface area contributed by atoms with E-state index in [9.17, 15) is 21.6 Å². The molecule has 21 heavy (non-hydrogen) atoms. The van der Waals surface area contributed by atoms with E-state index >= 15 is 0 Å². The zero-order valence-corrected chi connectivity index (χ0v) is 11.6. The molecule has 0 fully saturated rings. The number of aryl methyl sites for hydroxylation is 1. The van der Waals surface area contributed by atoms with E-state index in [1.807, 2.05) is 4.72 Å². The quantitative estimate of drug-likeness (QED) is 0.855. The number of nitrogens with two attached hydrogens (primary N) is 1. The van der Waals surface area contributed by atoms with Gasteiger partial charge in [0.15, 0.2) is 0 Å². The number of hydrogen-bond acceptors (Lipinski definition) is 3. The third-order valence-corrected chi connectivity index (χ3v) is 4.03. The van der Waals surface area contributed by atoms with Crippen molar-refractivity contribution in [2.45, 2.75) is 11.8 Å². The van der Waals surface area contributed by atoms with Gasteiger partial charge in [0.2, 0.25) is 0 Å². The highest BCUT2D eigenvalue weighted by molar-refractivity contribution is 7.92. The molecule has 0 unspecified atom stereocenters. The van der Waals surface area contributed by atoms with E-state index in [0.717, 1.165) is 6.07 Å². The molecular weight excluding hydrogens is 305 g/mol. The van der Waals surface area contributed by atoms with Gasteiger partial charge in [0.25, 0.3) is 10.0 Å². The summed E-state index contributed by atoms with van der Waals surface area (Å²) >= 11 is 0. The van der Waals surface area contributed by atoms with Crippen LogP contribution in [0.1, 0.15) is 5.56 Å². The van der Waals surface area contributed by atoms with E-state index in [4.69, 9.17) is 5.73 Å². The molecule has 0 atom stereocenters. The fourth-order valence-electron chi connectivity index (χ4n) is 1.76. The molecule has 0 radical (unpaired) electrons. The maximum Gasteiger partial charge on any atom is 0.264 e. The van der Waals surface area contributed by atoms with E-state index in [1.165, 1.54) is 12.1 Å². The summed E-state index contributed by atoms with van der Waals surface area (Å²) in [6.45, 7) is 1.57. The maximum absolute atomic E-state index is 13.6. The highest BCUT2D eigenvalue weighted by Gasteiger charge is 2.21. The highest BCUT2D eigenvalue weighted by atomic mass is 32.2. The van der Waals surface area contributed by atoms with Crippen molar-refractivity contribution in [1.82, 2.24) is 0 Å². The van der Waals surface area contributed by atoms with Crippen molar-refractivity contribution in [3.8, 4) is 0 Å². The van der Waals surface area contributed by atoms with Crippen LogP contribution in [-0.2, 0) is 10.0 Å². The van der Waals surface area contributed by atoms with Gasteiger partial charge in [-0.3, -0.25) is 4.72 Å². The van der Waals surface area contributed by atoms with Gasteiger partial charge in [-0.15, -0.1) is 0 Å². The van der Waals surface area contributed by atoms with Crippen LogP contribution < -0.4 is 10.5 Å². The Balaban J connectivity index is 2.45. The van der Waals surface area contributed by atoms with Gasteiger partial charge in [-0.05, 0) is 36.8 Å².